The highest BCUT2D eigenvalue weighted by Crippen LogP contribution is 2.39. The van der Waals surface area contributed by atoms with Gasteiger partial charge in [0.25, 0.3) is 0 Å². The monoisotopic (exact) mass is 337 g/mol. The summed E-state index contributed by atoms with van der Waals surface area (Å²) in [4.78, 5) is 2.75. The van der Waals surface area contributed by atoms with Gasteiger partial charge in [0, 0.05) is 26.2 Å². The van der Waals surface area contributed by atoms with Gasteiger partial charge in [-0.3, -0.25) is 0 Å². The molecule has 0 radical (unpaired) electrons. The minimum Gasteiger partial charge on any atom is -0.312 e. The summed E-state index contributed by atoms with van der Waals surface area (Å²) < 4.78 is 1.22. The van der Waals surface area contributed by atoms with Gasteiger partial charge < -0.3 is 5.32 Å². The quantitative estimate of drug-likeness (QED) is 0.783. The fourth-order valence-corrected chi connectivity index (χ4v) is 4.28. The van der Waals surface area contributed by atoms with E-state index in [-0.39, 0.29) is 0 Å². The topological polar surface area (TPSA) is 12.0 Å². The fraction of sp³-hybridized carbons (Fsp3) is 0.375. The molecule has 0 aliphatic carbocycles. The van der Waals surface area contributed by atoms with Crippen molar-refractivity contribution >= 4 is 27.3 Å². The summed E-state index contributed by atoms with van der Waals surface area (Å²) in [7, 11) is 2.05. The maximum absolute atomic E-state index is 3.62. The first-order valence-corrected chi connectivity index (χ1v) is 8.26. The summed E-state index contributed by atoms with van der Waals surface area (Å²) in [6, 6.07) is 13.4. The number of aryl methyl sites for hydroxylation is 1. The molecule has 2 atom stereocenters. The molecule has 3 heteroatoms. The summed E-state index contributed by atoms with van der Waals surface area (Å²) in [5.74, 6) is 0.510. The van der Waals surface area contributed by atoms with Gasteiger partial charge in [-0.2, -0.15) is 0 Å². The number of benzene rings is 1. The largest absolute Gasteiger partial charge is 0.312 e. The Labute approximate surface area is 128 Å². The second-order valence-electron chi connectivity index (χ2n) is 4.74. The Morgan fingerprint density at radius 1 is 1.26 bits per heavy atom. The predicted molar refractivity (Wildman–Crippen MR) is 88.0 cm³/mol. The molecule has 1 N–H and O–H groups in total. The number of rotatable bonds is 5. The van der Waals surface area contributed by atoms with Crippen LogP contribution in [0.5, 0.6) is 0 Å². The molecule has 0 saturated heterocycles. The van der Waals surface area contributed by atoms with Crippen molar-refractivity contribution in [3.8, 4) is 0 Å². The highest BCUT2D eigenvalue weighted by atomic mass is 79.9. The van der Waals surface area contributed by atoms with Crippen LogP contribution in [0.2, 0.25) is 0 Å². The molecule has 1 nitrogen and oxygen atoms in total. The van der Waals surface area contributed by atoms with Crippen LogP contribution < -0.4 is 5.32 Å². The number of hydrogen-bond donors (Lipinski definition) is 1. The third-order valence-corrected chi connectivity index (χ3v) is 5.78. The van der Waals surface area contributed by atoms with E-state index in [1.165, 1.54) is 19.8 Å². The van der Waals surface area contributed by atoms with Crippen LogP contribution in [0.1, 0.15) is 40.6 Å². The summed E-state index contributed by atoms with van der Waals surface area (Å²) in [6.45, 7) is 4.42. The molecule has 102 valence electrons. The van der Waals surface area contributed by atoms with Crippen LogP contribution in [-0.2, 0) is 0 Å². The minimum absolute atomic E-state index is 0.377. The zero-order valence-corrected chi connectivity index (χ0v) is 14.0. The van der Waals surface area contributed by atoms with Crippen LogP contribution in [0.4, 0.5) is 0 Å². The first-order valence-electron chi connectivity index (χ1n) is 6.65. The third kappa shape index (κ3) is 3.28. The molecule has 1 aromatic carbocycles. The number of thiophene rings is 1. The smallest absolute Gasteiger partial charge is 0.0482 e. The summed E-state index contributed by atoms with van der Waals surface area (Å²) >= 11 is 5.50. The van der Waals surface area contributed by atoms with Crippen LogP contribution >= 0.6 is 27.3 Å². The van der Waals surface area contributed by atoms with Crippen LogP contribution in [0, 0.1) is 6.92 Å². The molecule has 2 aromatic rings. The Kier molecular flexibility index (Phi) is 5.20. The second kappa shape index (κ2) is 6.69. The maximum atomic E-state index is 3.62. The average Bonchev–Trinajstić information content (AvgIpc) is 2.76. The van der Waals surface area contributed by atoms with Crippen molar-refractivity contribution in [3.63, 3.8) is 0 Å². The lowest BCUT2D eigenvalue weighted by Gasteiger charge is -2.25. The normalized spacial score (nSPS) is 14.3. The maximum Gasteiger partial charge on any atom is 0.0482 e. The molecule has 0 aliphatic heterocycles. The van der Waals surface area contributed by atoms with E-state index in [0.29, 0.717) is 12.0 Å². The van der Waals surface area contributed by atoms with E-state index in [0.717, 1.165) is 6.42 Å². The fourth-order valence-electron chi connectivity index (χ4n) is 2.54. The van der Waals surface area contributed by atoms with Gasteiger partial charge in [-0.25, -0.2) is 0 Å². The van der Waals surface area contributed by atoms with Gasteiger partial charge in [0.1, 0.15) is 0 Å². The van der Waals surface area contributed by atoms with Crippen molar-refractivity contribution in [1.29, 1.82) is 0 Å². The van der Waals surface area contributed by atoms with Gasteiger partial charge >= 0.3 is 0 Å². The Morgan fingerprint density at radius 2 is 1.95 bits per heavy atom. The molecule has 2 unspecified atom stereocenters. The highest BCUT2D eigenvalue weighted by Gasteiger charge is 2.23. The van der Waals surface area contributed by atoms with Crippen molar-refractivity contribution in [2.75, 3.05) is 7.05 Å². The second-order valence-corrected chi connectivity index (χ2v) is 6.89. The van der Waals surface area contributed by atoms with E-state index >= 15 is 0 Å². The summed E-state index contributed by atoms with van der Waals surface area (Å²) in [6.07, 6.45) is 1.13. The Balaban J connectivity index is 2.34. The molecule has 0 amide bonds. The SMILES string of the molecule is CCC(c1ccccc1)C(NC)c1cc(Br)c(C)s1. The van der Waals surface area contributed by atoms with E-state index in [1.54, 1.807) is 0 Å². The highest BCUT2D eigenvalue weighted by molar-refractivity contribution is 9.10. The Hall–Kier alpha value is -0.640. The Morgan fingerprint density at radius 3 is 2.42 bits per heavy atom. The predicted octanol–water partition coefficient (Wildman–Crippen LogP) is 5.27. The number of halogens is 1. The van der Waals surface area contributed by atoms with Crippen LogP contribution in [-0.4, -0.2) is 7.05 Å². The van der Waals surface area contributed by atoms with Gasteiger partial charge in [-0.15, -0.1) is 11.3 Å². The lowest BCUT2D eigenvalue weighted by atomic mass is 9.88. The molecule has 19 heavy (non-hydrogen) atoms. The van der Waals surface area contributed by atoms with Crippen molar-refractivity contribution in [3.05, 3.63) is 56.2 Å². The van der Waals surface area contributed by atoms with Crippen molar-refractivity contribution in [2.24, 2.45) is 0 Å². The zero-order chi connectivity index (χ0) is 13.8. The standard InChI is InChI=1S/C16H20BrNS/c1-4-13(12-8-6-5-7-9-12)16(18-3)15-10-14(17)11(2)19-15/h5-10,13,16,18H,4H2,1-3H3. The average molecular weight is 338 g/mol. The zero-order valence-electron chi connectivity index (χ0n) is 11.6. The molecule has 0 aliphatic rings. The lowest BCUT2D eigenvalue weighted by molar-refractivity contribution is 0.474. The number of likely N-dealkylation sites (N-methyl/N-ethyl adjacent to an activating group) is 1. The van der Waals surface area contributed by atoms with E-state index < -0.39 is 0 Å². The molecule has 1 aromatic heterocycles. The van der Waals surface area contributed by atoms with Gasteiger partial charge in [0.05, 0.1) is 0 Å². The van der Waals surface area contributed by atoms with Gasteiger partial charge in [0.15, 0.2) is 0 Å². The molecule has 1 heterocycles. The molecule has 0 bridgehead atoms. The van der Waals surface area contributed by atoms with Crippen LogP contribution in [0.25, 0.3) is 0 Å². The molecular formula is C16H20BrNS. The molecular weight excluding hydrogens is 318 g/mol. The van der Waals surface area contributed by atoms with E-state index in [1.807, 2.05) is 11.3 Å². The van der Waals surface area contributed by atoms with Crippen molar-refractivity contribution < 1.29 is 0 Å². The minimum atomic E-state index is 0.377. The van der Waals surface area contributed by atoms with E-state index in [9.17, 15) is 0 Å². The molecule has 0 fully saturated rings. The molecule has 2 rings (SSSR count). The number of hydrogen-bond acceptors (Lipinski definition) is 2. The summed E-state index contributed by atoms with van der Waals surface area (Å²) in [5, 5.41) is 3.50. The number of nitrogens with one attached hydrogen (secondary N) is 1. The first-order chi connectivity index (χ1) is 9.17. The van der Waals surface area contributed by atoms with Crippen LogP contribution in [0.15, 0.2) is 40.9 Å². The Bertz CT molecular complexity index is 501. The van der Waals surface area contributed by atoms with E-state index in [2.05, 4.69) is 78.5 Å². The van der Waals surface area contributed by atoms with Crippen molar-refractivity contribution in [1.82, 2.24) is 5.32 Å². The third-order valence-electron chi connectivity index (χ3n) is 3.56. The van der Waals surface area contributed by atoms with Crippen molar-refractivity contribution in [2.45, 2.75) is 32.2 Å². The van der Waals surface area contributed by atoms with Crippen LogP contribution in [0.3, 0.4) is 0 Å². The first kappa shape index (κ1) is 14.8. The molecule has 0 spiro atoms. The van der Waals surface area contributed by atoms with Gasteiger partial charge in [-0.1, -0.05) is 37.3 Å². The van der Waals surface area contributed by atoms with Gasteiger partial charge in [0.2, 0.25) is 0 Å². The lowest BCUT2D eigenvalue weighted by Crippen LogP contribution is -2.22. The summed E-state index contributed by atoms with van der Waals surface area (Å²) in [5.41, 5.74) is 1.41. The van der Waals surface area contributed by atoms with Gasteiger partial charge in [-0.05, 0) is 48.0 Å². The molecule has 0 saturated carbocycles. The van der Waals surface area contributed by atoms with E-state index in [4.69, 9.17) is 0 Å².